The monoisotopic (exact) mass is 296 g/mol. The van der Waals surface area contributed by atoms with E-state index in [1.807, 2.05) is 20.8 Å². The fourth-order valence-corrected chi connectivity index (χ4v) is 1.91. The average molecular weight is 296 g/mol. The van der Waals surface area contributed by atoms with Crippen molar-refractivity contribution in [3.63, 3.8) is 0 Å². The van der Waals surface area contributed by atoms with Gasteiger partial charge >= 0.3 is 0 Å². The number of nitro groups is 1. The van der Waals surface area contributed by atoms with Crippen molar-refractivity contribution < 1.29 is 10.0 Å². The fourth-order valence-electron chi connectivity index (χ4n) is 1.91. The first-order chi connectivity index (χ1) is 9.92. The molecule has 1 unspecified atom stereocenters. The molecule has 1 rings (SSSR count). The van der Waals surface area contributed by atoms with Gasteiger partial charge in [-0.25, -0.2) is 4.98 Å². The van der Waals surface area contributed by atoms with Gasteiger partial charge in [-0.2, -0.15) is 0 Å². The lowest BCUT2D eigenvalue weighted by Crippen LogP contribution is -2.21. The molecule has 0 aromatic carbocycles. The SMILES string of the molecule is CCCNc1cc([N+](=O)[O-])cc(NCC(O)CC(C)C)n1. The summed E-state index contributed by atoms with van der Waals surface area (Å²) in [5.41, 5.74) is -0.0237. The van der Waals surface area contributed by atoms with E-state index in [0.717, 1.165) is 6.42 Å². The second kappa shape index (κ2) is 8.41. The number of pyridine rings is 1. The number of aliphatic hydroxyl groups is 1. The van der Waals surface area contributed by atoms with E-state index in [4.69, 9.17) is 0 Å². The first-order valence-electron chi connectivity index (χ1n) is 7.24. The molecule has 0 fully saturated rings. The van der Waals surface area contributed by atoms with Gasteiger partial charge in [-0.15, -0.1) is 0 Å². The number of hydrogen-bond donors (Lipinski definition) is 3. The summed E-state index contributed by atoms with van der Waals surface area (Å²) in [7, 11) is 0. The summed E-state index contributed by atoms with van der Waals surface area (Å²) in [5.74, 6) is 1.25. The molecule has 7 nitrogen and oxygen atoms in total. The highest BCUT2D eigenvalue weighted by Crippen LogP contribution is 2.20. The molecule has 0 aliphatic heterocycles. The fraction of sp³-hybridized carbons (Fsp3) is 0.643. The predicted molar refractivity (Wildman–Crippen MR) is 83.6 cm³/mol. The third-order valence-electron chi connectivity index (χ3n) is 2.84. The highest BCUT2D eigenvalue weighted by molar-refractivity contribution is 5.54. The molecule has 0 aliphatic rings. The van der Waals surface area contributed by atoms with Crippen molar-refractivity contribution in [2.45, 2.75) is 39.7 Å². The van der Waals surface area contributed by atoms with Crippen LogP contribution in [-0.4, -0.2) is 34.2 Å². The Balaban J connectivity index is 2.75. The van der Waals surface area contributed by atoms with Crippen molar-refractivity contribution in [1.82, 2.24) is 4.98 Å². The summed E-state index contributed by atoms with van der Waals surface area (Å²) in [4.78, 5) is 14.8. The summed E-state index contributed by atoms with van der Waals surface area (Å²) in [6.07, 6.45) is 1.07. The molecule has 3 N–H and O–H groups in total. The van der Waals surface area contributed by atoms with E-state index >= 15 is 0 Å². The summed E-state index contributed by atoms with van der Waals surface area (Å²) in [6, 6.07) is 2.78. The van der Waals surface area contributed by atoms with Gasteiger partial charge in [-0.05, 0) is 18.8 Å². The predicted octanol–water partition coefficient (Wildman–Crippen LogP) is 2.63. The number of nitrogens with zero attached hydrogens (tertiary/aromatic N) is 2. The van der Waals surface area contributed by atoms with Gasteiger partial charge in [0.25, 0.3) is 5.69 Å². The van der Waals surface area contributed by atoms with Crippen molar-refractivity contribution >= 4 is 17.3 Å². The lowest BCUT2D eigenvalue weighted by molar-refractivity contribution is -0.384. The maximum atomic E-state index is 10.9. The van der Waals surface area contributed by atoms with E-state index in [-0.39, 0.29) is 5.69 Å². The smallest absolute Gasteiger partial charge is 0.276 e. The molecule has 7 heteroatoms. The van der Waals surface area contributed by atoms with E-state index in [1.165, 1.54) is 12.1 Å². The Hall–Kier alpha value is -1.89. The Morgan fingerprint density at radius 1 is 1.33 bits per heavy atom. The molecule has 0 amide bonds. The van der Waals surface area contributed by atoms with E-state index in [0.29, 0.717) is 37.1 Å². The van der Waals surface area contributed by atoms with Crippen molar-refractivity contribution in [3.05, 3.63) is 22.2 Å². The lowest BCUT2D eigenvalue weighted by atomic mass is 10.1. The van der Waals surface area contributed by atoms with E-state index in [2.05, 4.69) is 15.6 Å². The van der Waals surface area contributed by atoms with E-state index in [9.17, 15) is 15.2 Å². The maximum Gasteiger partial charge on any atom is 0.276 e. The van der Waals surface area contributed by atoms with Crippen LogP contribution in [0.2, 0.25) is 0 Å². The molecule has 0 saturated carbocycles. The molecule has 0 aliphatic carbocycles. The Bertz CT molecular complexity index is 466. The number of aromatic nitrogens is 1. The van der Waals surface area contributed by atoms with Gasteiger partial charge in [-0.3, -0.25) is 10.1 Å². The molecule has 21 heavy (non-hydrogen) atoms. The molecule has 0 radical (unpaired) electrons. The van der Waals surface area contributed by atoms with Crippen LogP contribution in [0.3, 0.4) is 0 Å². The summed E-state index contributed by atoms with van der Waals surface area (Å²) in [5, 5.41) is 26.8. The van der Waals surface area contributed by atoms with Gasteiger partial charge in [0, 0.05) is 13.1 Å². The van der Waals surface area contributed by atoms with Crippen LogP contribution in [0.4, 0.5) is 17.3 Å². The first-order valence-corrected chi connectivity index (χ1v) is 7.24. The number of aliphatic hydroxyl groups excluding tert-OH is 1. The van der Waals surface area contributed by atoms with E-state index in [1.54, 1.807) is 0 Å². The third-order valence-corrected chi connectivity index (χ3v) is 2.84. The van der Waals surface area contributed by atoms with Gasteiger partial charge in [0.15, 0.2) is 0 Å². The normalized spacial score (nSPS) is 12.2. The highest BCUT2D eigenvalue weighted by Gasteiger charge is 2.12. The van der Waals surface area contributed by atoms with Crippen LogP contribution < -0.4 is 10.6 Å². The number of nitrogens with one attached hydrogen (secondary N) is 2. The topological polar surface area (TPSA) is 100 Å². The molecule has 1 aromatic rings. The Kier molecular flexibility index (Phi) is 6.87. The first kappa shape index (κ1) is 17.2. The molecule has 1 heterocycles. The van der Waals surface area contributed by atoms with Crippen molar-refractivity contribution in [2.75, 3.05) is 23.7 Å². The van der Waals surface area contributed by atoms with Gasteiger partial charge in [0.2, 0.25) is 0 Å². The molecule has 1 aromatic heterocycles. The molecular weight excluding hydrogens is 272 g/mol. The Morgan fingerprint density at radius 2 is 1.95 bits per heavy atom. The lowest BCUT2D eigenvalue weighted by Gasteiger charge is -2.14. The number of rotatable bonds is 9. The minimum absolute atomic E-state index is 0.0237. The summed E-state index contributed by atoms with van der Waals surface area (Å²) < 4.78 is 0. The maximum absolute atomic E-state index is 10.9. The molecule has 0 bridgehead atoms. The number of hydrogen-bond acceptors (Lipinski definition) is 6. The second-order valence-electron chi connectivity index (χ2n) is 5.44. The molecule has 0 spiro atoms. The van der Waals surface area contributed by atoms with Crippen molar-refractivity contribution in [2.24, 2.45) is 5.92 Å². The van der Waals surface area contributed by atoms with Crippen molar-refractivity contribution in [3.8, 4) is 0 Å². The second-order valence-corrected chi connectivity index (χ2v) is 5.44. The van der Waals surface area contributed by atoms with Crippen LogP contribution >= 0.6 is 0 Å². The minimum atomic E-state index is -0.502. The molecule has 118 valence electrons. The molecule has 1 atom stereocenters. The Labute approximate surface area is 124 Å². The standard InChI is InChI=1S/C14H24N4O3/c1-4-5-15-13-7-11(18(20)21)8-14(17-13)16-9-12(19)6-10(2)3/h7-8,10,12,19H,4-6,9H2,1-3H3,(H2,15,16,17). The minimum Gasteiger partial charge on any atom is -0.391 e. The zero-order chi connectivity index (χ0) is 15.8. The van der Waals surface area contributed by atoms with Crippen LogP contribution in [0.1, 0.15) is 33.6 Å². The molecular formula is C14H24N4O3. The third kappa shape index (κ3) is 6.40. The highest BCUT2D eigenvalue weighted by atomic mass is 16.6. The summed E-state index contributed by atoms with van der Waals surface area (Å²) >= 11 is 0. The zero-order valence-corrected chi connectivity index (χ0v) is 12.8. The summed E-state index contributed by atoms with van der Waals surface area (Å²) in [6.45, 7) is 7.08. The Morgan fingerprint density at radius 3 is 2.48 bits per heavy atom. The van der Waals surface area contributed by atoms with E-state index < -0.39 is 11.0 Å². The average Bonchev–Trinajstić information content (AvgIpc) is 2.42. The van der Waals surface area contributed by atoms with Crippen LogP contribution in [0.5, 0.6) is 0 Å². The van der Waals surface area contributed by atoms with Gasteiger partial charge < -0.3 is 15.7 Å². The van der Waals surface area contributed by atoms with Gasteiger partial charge in [0.1, 0.15) is 11.6 Å². The molecule has 0 saturated heterocycles. The number of anilines is 2. The largest absolute Gasteiger partial charge is 0.391 e. The van der Waals surface area contributed by atoms with Crippen LogP contribution in [0, 0.1) is 16.0 Å². The van der Waals surface area contributed by atoms with Gasteiger partial charge in [0.05, 0.1) is 23.2 Å². The van der Waals surface area contributed by atoms with Gasteiger partial charge in [-0.1, -0.05) is 20.8 Å². The van der Waals surface area contributed by atoms with Crippen LogP contribution in [-0.2, 0) is 0 Å². The van der Waals surface area contributed by atoms with Crippen LogP contribution in [0.25, 0.3) is 0 Å². The van der Waals surface area contributed by atoms with Crippen LogP contribution in [0.15, 0.2) is 12.1 Å². The quantitative estimate of drug-likeness (QED) is 0.478. The van der Waals surface area contributed by atoms with Crippen molar-refractivity contribution in [1.29, 1.82) is 0 Å². The zero-order valence-electron chi connectivity index (χ0n) is 12.8.